The Labute approximate surface area is 77.8 Å². The number of hydrogen-bond acceptors (Lipinski definition) is 1. The van der Waals surface area contributed by atoms with Crippen molar-refractivity contribution in [1.29, 1.82) is 0 Å². The Balaban J connectivity index is 0. The standard InChI is InChI=1S/C8H16O.W/c1-3-5-6-8(4-2)7-9;/h7-8H,3-6H2,1-2H3;. The van der Waals surface area contributed by atoms with E-state index in [-0.39, 0.29) is 21.1 Å². The topological polar surface area (TPSA) is 17.1 Å². The zero-order chi connectivity index (χ0) is 7.11. The van der Waals surface area contributed by atoms with Crippen LogP contribution in [0.2, 0.25) is 0 Å². The first kappa shape index (κ1) is 13.0. The molecule has 0 saturated heterocycles. The van der Waals surface area contributed by atoms with Gasteiger partial charge in [0.2, 0.25) is 0 Å². The van der Waals surface area contributed by atoms with E-state index in [1.807, 2.05) is 0 Å². The van der Waals surface area contributed by atoms with Crippen molar-refractivity contribution < 1.29 is 25.9 Å². The van der Waals surface area contributed by atoms with Crippen LogP contribution in [0.4, 0.5) is 0 Å². The minimum atomic E-state index is 0. The van der Waals surface area contributed by atoms with Gasteiger partial charge in [-0.2, -0.15) is 0 Å². The molecule has 0 spiro atoms. The fourth-order valence-corrected chi connectivity index (χ4v) is 0.835. The Hall–Kier alpha value is 0.358. The zero-order valence-corrected chi connectivity index (χ0v) is 9.73. The summed E-state index contributed by atoms with van der Waals surface area (Å²) in [6, 6.07) is 0. The fourth-order valence-electron chi connectivity index (χ4n) is 0.835. The third kappa shape index (κ3) is 6.48. The predicted octanol–water partition coefficient (Wildman–Crippen LogP) is 2.40. The SMILES string of the molecule is CCCCC(C=O)CC.[W]. The first-order valence-corrected chi connectivity index (χ1v) is 3.80. The summed E-state index contributed by atoms with van der Waals surface area (Å²) in [6.45, 7) is 4.21. The van der Waals surface area contributed by atoms with E-state index in [1.54, 1.807) is 0 Å². The fraction of sp³-hybridized carbons (Fsp3) is 0.875. The van der Waals surface area contributed by atoms with Crippen molar-refractivity contribution in [2.45, 2.75) is 39.5 Å². The van der Waals surface area contributed by atoms with Gasteiger partial charge in [-0.3, -0.25) is 0 Å². The predicted molar refractivity (Wildman–Crippen MR) is 39.4 cm³/mol. The minimum Gasteiger partial charge on any atom is -0.303 e. The van der Waals surface area contributed by atoms with Crippen LogP contribution < -0.4 is 0 Å². The maximum absolute atomic E-state index is 10.2. The van der Waals surface area contributed by atoms with E-state index in [4.69, 9.17) is 0 Å². The van der Waals surface area contributed by atoms with E-state index in [0.29, 0.717) is 5.92 Å². The number of aldehydes is 1. The molecular weight excluding hydrogens is 296 g/mol. The molecule has 0 fully saturated rings. The van der Waals surface area contributed by atoms with Gasteiger partial charge in [0, 0.05) is 27.0 Å². The van der Waals surface area contributed by atoms with Crippen LogP contribution in [0.5, 0.6) is 0 Å². The van der Waals surface area contributed by atoms with Crippen molar-refractivity contribution in [2.24, 2.45) is 5.92 Å². The maximum Gasteiger partial charge on any atom is 0.123 e. The van der Waals surface area contributed by atoms with E-state index < -0.39 is 0 Å². The molecule has 0 aliphatic rings. The molecule has 2 heteroatoms. The Morgan fingerprint density at radius 2 is 2.00 bits per heavy atom. The molecule has 0 bridgehead atoms. The normalized spacial score (nSPS) is 11.8. The number of hydrogen-bond donors (Lipinski definition) is 0. The van der Waals surface area contributed by atoms with Crippen LogP contribution >= 0.6 is 0 Å². The van der Waals surface area contributed by atoms with Crippen LogP contribution in [0.25, 0.3) is 0 Å². The van der Waals surface area contributed by atoms with Crippen molar-refractivity contribution in [3.8, 4) is 0 Å². The molecule has 1 unspecified atom stereocenters. The second-order valence-electron chi connectivity index (χ2n) is 2.45. The molecule has 0 aromatic rings. The van der Waals surface area contributed by atoms with Crippen LogP contribution in [0, 0.1) is 5.92 Å². The molecular formula is C8H16OW. The first-order chi connectivity index (χ1) is 4.35. The summed E-state index contributed by atoms with van der Waals surface area (Å²) < 4.78 is 0. The van der Waals surface area contributed by atoms with Crippen molar-refractivity contribution >= 4 is 6.29 Å². The van der Waals surface area contributed by atoms with Gasteiger partial charge in [0.05, 0.1) is 0 Å². The van der Waals surface area contributed by atoms with E-state index in [9.17, 15) is 4.79 Å². The average molecular weight is 312 g/mol. The van der Waals surface area contributed by atoms with E-state index in [0.717, 1.165) is 19.1 Å². The molecule has 0 aromatic carbocycles. The van der Waals surface area contributed by atoms with Crippen LogP contribution in [0.1, 0.15) is 39.5 Å². The third-order valence-electron chi connectivity index (χ3n) is 1.65. The Kier molecular flexibility index (Phi) is 12.2. The molecule has 60 valence electrons. The van der Waals surface area contributed by atoms with Crippen molar-refractivity contribution in [3.63, 3.8) is 0 Å². The summed E-state index contributed by atoms with van der Waals surface area (Å²) in [6.07, 6.45) is 5.55. The summed E-state index contributed by atoms with van der Waals surface area (Å²) in [7, 11) is 0. The van der Waals surface area contributed by atoms with Gasteiger partial charge in [-0.1, -0.05) is 26.7 Å². The minimum absolute atomic E-state index is 0. The second kappa shape index (κ2) is 9.36. The number of unbranched alkanes of at least 4 members (excludes halogenated alkanes) is 1. The summed E-state index contributed by atoms with van der Waals surface area (Å²) in [5.74, 6) is 0.324. The monoisotopic (exact) mass is 312 g/mol. The number of rotatable bonds is 5. The first-order valence-electron chi connectivity index (χ1n) is 3.80. The molecule has 0 heterocycles. The largest absolute Gasteiger partial charge is 0.303 e. The van der Waals surface area contributed by atoms with E-state index in [1.165, 1.54) is 12.8 Å². The summed E-state index contributed by atoms with van der Waals surface area (Å²) >= 11 is 0. The quantitative estimate of drug-likeness (QED) is 0.713. The Bertz CT molecular complexity index is 73.7. The van der Waals surface area contributed by atoms with E-state index >= 15 is 0 Å². The summed E-state index contributed by atoms with van der Waals surface area (Å²) in [4.78, 5) is 10.2. The molecule has 10 heavy (non-hydrogen) atoms. The van der Waals surface area contributed by atoms with Crippen LogP contribution in [0.3, 0.4) is 0 Å². The second-order valence-corrected chi connectivity index (χ2v) is 2.45. The molecule has 0 aromatic heterocycles. The van der Waals surface area contributed by atoms with Crippen molar-refractivity contribution in [1.82, 2.24) is 0 Å². The van der Waals surface area contributed by atoms with E-state index in [2.05, 4.69) is 13.8 Å². The zero-order valence-electron chi connectivity index (χ0n) is 6.80. The van der Waals surface area contributed by atoms with Gasteiger partial charge in [-0.15, -0.1) is 0 Å². The molecule has 0 aliphatic heterocycles. The van der Waals surface area contributed by atoms with Crippen LogP contribution in [-0.4, -0.2) is 6.29 Å². The smallest absolute Gasteiger partial charge is 0.123 e. The van der Waals surface area contributed by atoms with Crippen molar-refractivity contribution in [2.75, 3.05) is 0 Å². The molecule has 0 radical (unpaired) electrons. The summed E-state index contributed by atoms with van der Waals surface area (Å²) in [5, 5.41) is 0. The Morgan fingerprint density at radius 3 is 2.30 bits per heavy atom. The molecule has 0 N–H and O–H groups in total. The third-order valence-corrected chi connectivity index (χ3v) is 1.65. The molecule has 0 amide bonds. The molecule has 1 nitrogen and oxygen atoms in total. The molecule has 0 saturated carbocycles. The Morgan fingerprint density at radius 1 is 1.40 bits per heavy atom. The van der Waals surface area contributed by atoms with Gasteiger partial charge in [0.15, 0.2) is 0 Å². The summed E-state index contributed by atoms with van der Waals surface area (Å²) in [5.41, 5.74) is 0. The number of carbonyl (C=O) groups is 1. The van der Waals surface area contributed by atoms with Gasteiger partial charge >= 0.3 is 0 Å². The average Bonchev–Trinajstić information content (AvgIpc) is 1.91. The van der Waals surface area contributed by atoms with Gasteiger partial charge < -0.3 is 4.79 Å². The van der Waals surface area contributed by atoms with Crippen LogP contribution in [-0.2, 0) is 25.9 Å². The number of carbonyl (C=O) groups excluding carboxylic acids is 1. The molecule has 0 rings (SSSR count). The van der Waals surface area contributed by atoms with Gasteiger partial charge in [0.1, 0.15) is 6.29 Å². The molecule has 1 atom stereocenters. The molecule has 0 aliphatic carbocycles. The maximum atomic E-state index is 10.2. The van der Waals surface area contributed by atoms with Gasteiger partial charge in [0.25, 0.3) is 0 Å². The van der Waals surface area contributed by atoms with Crippen molar-refractivity contribution in [3.05, 3.63) is 0 Å². The van der Waals surface area contributed by atoms with Gasteiger partial charge in [-0.25, -0.2) is 0 Å². The van der Waals surface area contributed by atoms with Gasteiger partial charge in [-0.05, 0) is 12.8 Å². The van der Waals surface area contributed by atoms with Crippen LogP contribution in [0.15, 0.2) is 0 Å².